The molecule has 0 aliphatic heterocycles. The van der Waals surface area contributed by atoms with Gasteiger partial charge in [-0.2, -0.15) is 10.4 Å². The molecule has 19 heteroatoms. The van der Waals surface area contributed by atoms with E-state index >= 15 is 0 Å². The average Bonchev–Trinajstić information content (AvgIpc) is 3.39. The number of anilines is 2. The van der Waals surface area contributed by atoms with E-state index in [0.717, 1.165) is 0 Å². The van der Waals surface area contributed by atoms with Crippen molar-refractivity contribution in [1.82, 2.24) is 14.8 Å². The topological polar surface area (TPSA) is 209 Å². The predicted molar refractivity (Wildman–Crippen MR) is 177 cm³/mol. The number of carbonyl (C=O) groups is 2. The Bertz CT molecular complexity index is 1970. The van der Waals surface area contributed by atoms with Crippen molar-refractivity contribution < 1.29 is 130 Å². The first-order chi connectivity index (χ1) is 22.9. The zero-order valence-electron chi connectivity index (χ0n) is 27.5. The van der Waals surface area contributed by atoms with Crippen molar-refractivity contribution >= 4 is 68.1 Å². The number of aliphatic carboxylic acids is 1. The van der Waals surface area contributed by atoms with Crippen LogP contribution in [0.2, 0.25) is 10.0 Å². The number of benzene rings is 2. The number of amides is 1. The molecule has 1 N–H and O–H groups in total. The smallest absolute Gasteiger partial charge is 0.748 e. The van der Waals surface area contributed by atoms with Gasteiger partial charge in [0.05, 0.1) is 25.9 Å². The third-order valence-electron chi connectivity index (χ3n) is 6.85. The normalized spacial score (nSPS) is 10.9. The third-order valence-corrected chi connectivity index (χ3v) is 8.19. The predicted octanol–water partition coefficient (Wildman–Crippen LogP) is -0.844. The number of carboxylic acids is 1. The van der Waals surface area contributed by atoms with E-state index in [2.05, 4.69) is 31.7 Å². The molecule has 14 nitrogen and oxygen atoms in total. The summed E-state index contributed by atoms with van der Waals surface area (Å²) in [4.78, 5) is 29.0. The Morgan fingerprint density at radius 2 is 1.68 bits per heavy atom. The van der Waals surface area contributed by atoms with Crippen molar-refractivity contribution in [1.29, 1.82) is 5.26 Å². The number of halogens is 2. The van der Waals surface area contributed by atoms with Crippen LogP contribution < -0.4 is 118 Å². The number of aromatic nitrogens is 3. The van der Waals surface area contributed by atoms with E-state index in [9.17, 15) is 32.9 Å². The van der Waals surface area contributed by atoms with Crippen LogP contribution >= 0.6 is 23.2 Å². The van der Waals surface area contributed by atoms with E-state index in [4.69, 9.17) is 23.2 Å². The number of hydrogen-bond donors (Lipinski definition) is 1. The van der Waals surface area contributed by atoms with Gasteiger partial charge >= 0.3 is 103 Å². The van der Waals surface area contributed by atoms with Gasteiger partial charge in [-0.15, -0.1) is 10.2 Å². The Morgan fingerprint density at radius 1 is 1.02 bits per heavy atom. The Balaban J connectivity index is 0.00000433. The van der Waals surface area contributed by atoms with Crippen molar-refractivity contribution in [2.75, 3.05) is 29.1 Å². The molecule has 2 heterocycles. The molecule has 4 aromatic rings. The number of nitrogens with one attached hydrogen (secondary N) is 1. The summed E-state index contributed by atoms with van der Waals surface area (Å²) >= 11 is 12.9. The van der Waals surface area contributed by atoms with Crippen molar-refractivity contribution in [2.24, 2.45) is 10.2 Å². The van der Waals surface area contributed by atoms with Gasteiger partial charge in [-0.05, 0) is 43.9 Å². The Kier molecular flexibility index (Phi) is 18.9. The molecule has 1 amide bonds. The second-order valence-corrected chi connectivity index (χ2v) is 12.7. The molecule has 0 radical (unpaired) electrons. The molecule has 0 unspecified atom stereocenters. The van der Waals surface area contributed by atoms with Gasteiger partial charge < -0.3 is 24.7 Å². The maximum absolute atomic E-state index is 12.2. The minimum Gasteiger partial charge on any atom is -0.748 e. The SMILES string of the molecule is CC(=O)Nc1cc(N(CCCCS(=O)(=O)[O-])CCCC(=O)[O-])ccc1N=Nc1c(C#N)c(-c2ccccc2)nn1-c1c(Cl)cncc1Cl.[K+].[K+]. The number of unbranched alkanes of at least 4 members (excludes halogenated alkanes) is 1. The fourth-order valence-corrected chi connectivity index (χ4v) is 5.81. The van der Waals surface area contributed by atoms with E-state index in [1.165, 1.54) is 24.0 Å². The van der Waals surface area contributed by atoms with Crippen molar-refractivity contribution in [3.63, 3.8) is 0 Å². The van der Waals surface area contributed by atoms with E-state index in [-0.39, 0.29) is 167 Å². The van der Waals surface area contributed by atoms with Gasteiger partial charge in [-0.25, -0.2) is 13.1 Å². The summed E-state index contributed by atoms with van der Waals surface area (Å²) in [5.74, 6) is -2.17. The van der Waals surface area contributed by atoms with Crippen LogP contribution in [0.15, 0.2) is 71.2 Å². The van der Waals surface area contributed by atoms with Crippen LogP contribution in [0.3, 0.4) is 0 Å². The summed E-state index contributed by atoms with van der Waals surface area (Å²) in [5, 5.41) is 37.6. The second kappa shape index (κ2) is 21.2. The third kappa shape index (κ3) is 12.8. The molecule has 0 aliphatic carbocycles. The monoisotopic (exact) mass is 788 g/mol. The molecule has 0 saturated carbocycles. The Labute approximate surface area is 384 Å². The van der Waals surface area contributed by atoms with E-state index in [1.54, 1.807) is 47.4 Å². The quantitative estimate of drug-likeness (QED) is 0.0684. The zero-order chi connectivity index (χ0) is 34.8. The van der Waals surface area contributed by atoms with Crippen LogP contribution in [0.5, 0.6) is 0 Å². The van der Waals surface area contributed by atoms with Gasteiger partial charge in [0.2, 0.25) is 5.91 Å². The van der Waals surface area contributed by atoms with Gasteiger partial charge in [0, 0.05) is 55.4 Å². The fraction of sp³-hybridized carbons (Fsp3) is 0.258. The number of rotatable bonds is 15. The Hall–Kier alpha value is -1.61. The van der Waals surface area contributed by atoms with E-state index in [1.807, 2.05) is 6.07 Å². The number of pyridine rings is 1. The summed E-state index contributed by atoms with van der Waals surface area (Å²) in [7, 11) is -4.38. The zero-order valence-corrected chi connectivity index (χ0v) is 36.0. The van der Waals surface area contributed by atoms with Gasteiger partial charge in [0.1, 0.15) is 28.7 Å². The number of azo groups is 1. The standard InChI is InChI=1S/C31H30Cl2N8O6S.2K/c1-20(42)36-27-16-22(40(14-7-10-28(43)44)13-5-6-15-48(45,46)47)11-12-26(27)37-38-31-23(17-34)29(21-8-3-2-4-9-21)39-41(31)30-24(32)18-35-19-25(30)33;;/h2-4,8-9,11-12,16,18-19H,5-7,10,13-15H2,1H3,(H,36,42)(H,43,44)(H,45,46,47);;/q;2*+1/p-2. The van der Waals surface area contributed by atoms with Crippen LogP contribution in [0.25, 0.3) is 16.9 Å². The summed E-state index contributed by atoms with van der Waals surface area (Å²) < 4.78 is 34.4. The fourth-order valence-electron chi connectivity index (χ4n) is 4.73. The van der Waals surface area contributed by atoms with E-state index in [0.29, 0.717) is 29.9 Å². The molecule has 4 rings (SSSR count). The van der Waals surface area contributed by atoms with Gasteiger partial charge in [-0.1, -0.05) is 53.5 Å². The molecule has 0 saturated heterocycles. The first-order valence-corrected chi connectivity index (χ1v) is 16.8. The molecule has 0 bridgehead atoms. The molecular formula is C31H28Cl2K2N8O6S. The van der Waals surface area contributed by atoms with E-state index < -0.39 is 27.7 Å². The molecular weight excluding hydrogens is 762 g/mol. The summed E-state index contributed by atoms with van der Waals surface area (Å²) in [6.45, 7) is 1.86. The average molecular weight is 790 g/mol. The first-order valence-electron chi connectivity index (χ1n) is 14.5. The number of carbonyl (C=O) groups excluding carboxylic acids is 2. The largest absolute Gasteiger partial charge is 1.00 e. The number of nitrogens with zero attached hydrogens (tertiary/aromatic N) is 7. The number of nitriles is 1. The number of carboxylic acid groups (broad SMARTS) is 1. The van der Waals surface area contributed by atoms with Gasteiger partial charge in [0.25, 0.3) is 0 Å². The summed E-state index contributed by atoms with van der Waals surface area (Å²) in [6.07, 6.45) is 3.19. The van der Waals surface area contributed by atoms with Crippen LogP contribution in [0.1, 0.15) is 38.2 Å². The first kappa shape index (κ1) is 44.6. The van der Waals surface area contributed by atoms with Crippen LogP contribution in [0.4, 0.5) is 22.9 Å². The molecule has 0 fully saturated rings. The van der Waals surface area contributed by atoms with Crippen molar-refractivity contribution in [3.05, 3.63) is 76.5 Å². The van der Waals surface area contributed by atoms with Crippen LogP contribution in [0, 0.1) is 11.3 Å². The number of hydrogen-bond acceptors (Lipinski definition) is 12. The summed E-state index contributed by atoms with van der Waals surface area (Å²) in [5.41, 5.74) is 2.21. The summed E-state index contributed by atoms with van der Waals surface area (Å²) in [6, 6.07) is 15.9. The molecule has 0 aliphatic rings. The minimum atomic E-state index is -4.38. The minimum absolute atomic E-state index is 0. The Morgan fingerprint density at radius 3 is 2.28 bits per heavy atom. The molecule has 50 heavy (non-hydrogen) atoms. The molecule has 2 aromatic heterocycles. The maximum Gasteiger partial charge on any atom is 1.00 e. The van der Waals surface area contributed by atoms with Crippen LogP contribution in [-0.2, 0) is 19.7 Å². The molecule has 250 valence electrons. The molecule has 2 aromatic carbocycles. The molecule has 0 spiro atoms. The van der Waals surface area contributed by atoms with Gasteiger partial charge in [-0.3, -0.25) is 9.78 Å². The second-order valence-electron chi connectivity index (χ2n) is 10.4. The van der Waals surface area contributed by atoms with Crippen molar-refractivity contribution in [2.45, 2.75) is 32.6 Å². The maximum atomic E-state index is 12.2. The van der Waals surface area contributed by atoms with Gasteiger partial charge in [0.15, 0.2) is 5.82 Å². The van der Waals surface area contributed by atoms with Crippen molar-refractivity contribution in [3.8, 4) is 23.0 Å². The van der Waals surface area contributed by atoms with Crippen LogP contribution in [-0.4, -0.2) is 58.5 Å². The molecule has 0 atom stereocenters.